The lowest BCUT2D eigenvalue weighted by Crippen LogP contribution is -2.06. The van der Waals surface area contributed by atoms with Crippen molar-refractivity contribution in [3.63, 3.8) is 0 Å². The normalized spacial score (nSPS) is 10.9. The molecule has 0 amide bonds. The third-order valence-electron chi connectivity index (χ3n) is 2.45. The van der Waals surface area contributed by atoms with Crippen LogP contribution < -0.4 is 9.47 Å². The molecule has 1 rings (SSSR count). The van der Waals surface area contributed by atoms with E-state index in [-0.39, 0.29) is 5.97 Å². The number of esters is 1. The molecule has 0 saturated carbocycles. The van der Waals surface area contributed by atoms with Gasteiger partial charge in [-0.15, -0.1) is 0 Å². The number of carbonyl (C=O) groups excluding carboxylic acids is 1. The van der Waals surface area contributed by atoms with Gasteiger partial charge in [0.2, 0.25) is 0 Å². The van der Waals surface area contributed by atoms with Crippen molar-refractivity contribution in [2.75, 3.05) is 20.8 Å². The predicted octanol–water partition coefficient (Wildman–Crippen LogP) is 2.58. The first-order valence-corrected chi connectivity index (χ1v) is 5.75. The first-order chi connectivity index (χ1) is 8.71. The van der Waals surface area contributed by atoms with Gasteiger partial charge in [-0.05, 0) is 24.6 Å². The van der Waals surface area contributed by atoms with Crippen molar-refractivity contribution in [1.29, 1.82) is 0 Å². The fraction of sp³-hybridized carbons (Fsp3) is 0.357. The van der Waals surface area contributed by atoms with Gasteiger partial charge in [-0.2, -0.15) is 0 Å². The van der Waals surface area contributed by atoms with Crippen molar-refractivity contribution in [3.05, 3.63) is 35.9 Å². The lowest BCUT2D eigenvalue weighted by atomic mass is 10.2. The summed E-state index contributed by atoms with van der Waals surface area (Å²) in [5.74, 6) is 1.12. The Morgan fingerprint density at radius 1 is 1.28 bits per heavy atom. The van der Waals surface area contributed by atoms with Gasteiger partial charge < -0.3 is 14.2 Å². The van der Waals surface area contributed by atoms with Crippen molar-refractivity contribution < 1.29 is 19.0 Å². The van der Waals surface area contributed by atoms with Crippen LogP contribution >= 0.6 is 0 Å². The van der Waals surface area contributed by atoms with Crippen molar-refractivity contribution in [2.45, 2.75) is 13.3 Å². The largest absolute Gasteiger partial charge is 0.497 e. The third kappa shape index (κ3) is 4.13. The van der Waals surface area contributed by atoms with E-state index in [1.54, 1.807) is 19.3 Å². The fourth-order valence-electron chi connectivity index (χ4n) is 1.43. The second-order valence-corrected chi connectivity index (χ2v) is 3.56. The molecule has 0 spiro atoms. The number of methoxy groups -OCH3 is 2. The molecule has 98 valence electrons. The van der Waals surface area contributed by atoms with Crippen LogP contribution in [0.2, 0.25) is 0 Å². The highest BCUT2D eigenvalue weighted by Crippen LogP contribution is 2.18. The Kier molecular flexibility index (Phi) is 5.77. The van der Waals surface area contributed by atoms with E-state index in [1.165, 1.54) is 7.11 Å². The number of hydrogen-bond acceptors (Lipinski definition) is 4. The lowest BCUT2D eigenvalue weighted by Gasteiger charge is -2.06. The molecule has 0 saturated heterocycles. The zero-order valence-electron chi connectivity index (χ0n) is 10.9. The maximum atomic E-state index is 11.3. The van der Waals surface area contributed by atoms with Crippen molar-refractivity contribution in [2.24, 2.45) is 0 Å². The minimum absolute atomic E-state index is 0.313. The van der Waals surface area contributed by atoms with Crippen LogP contribution in [-0.2, 0) is 9.53 Å². The fourth-order valence-corrected chi connectivity index (χ4v) is 1.43. The van der Waals surface area contributed by atoms with Crippen LogP contribution in [0, 0.1) is 0 Å². The van der Waals surface area contributed by atoms with Gasteiger partial charge in [-0.3, -0.25) is 0 Å². The van der Waals surface area contributed by atoms with Crippen molar-refractivity contribution >= 4 is 5.97 Å². The molecule has 0 bridgehead atoms. The Hall–Kier alpha value is -1.97. The third-order valence-corrected chi connectivity index (χ3v) is 2.45. The van der Waals surface area contributed by atoms with E-state index in [1.807, 2.05) is 25.1 Å². The maximum absolute atomic E-state index is 11.3. The lowest BCUT2D eigenvalue weighted by molar-refractivity contribution is -0.136. The van der Waals surface area contributed by atoms with E-state index in [0.717, 1.165) is 5.75 Å². The topological polar surface area (TPSA) is 44.8 Å². The molecule has 0 unspecified atom stereocenters. The van der Waals surface area contributed by atoms with Gasteiger partial charge in [0, 0.05) is 11.6 Å². The Morgan fingerprint density at radius 3 is 2.61 bits per heavy atom. The zero-order valence-corrected chi connectivity index (χ0v) is 10.9. The summed E-state index contributed by atoms with van der Waals surface area (Å²) in [6, 6.07) is 7.31. The van der Waals surface area contributed by atoms with Gasteiger partial charge in [-0.25, -0.2) is 4.79 Å². The summed E-state index contributed by atoms with van der Waals surface area (Å²) < 4.78 is 15.3. The Bertz CT molecular complexity index is 424. The average Bonchev–Trinajstić information content (AvgIpc) is 2.43. The smallest absolute Gasteiger partial charge is 0.333 e. The van der Waals surface area contributed by atoms with E-state index in [2.05, 4.69) is 4.74 Å². The van der Waals surface area contributed by atoms with Crippen LogP contribution in [0.15, 0.2) is 35.9 Å². The molecule has 4 heteroatoms. The molecule has 18 heavy (non-hydrogen) atoms. The molecule has 0 N–H and O–H groups in total. The Morgan fingerprint density at radius 2 is 2.00 bits per heavy atom. The molecular formula is C14H18O4. The number of hydrogen-bond donors (Lipinski definition) is 0. The predicted molar refractivity (Wildman–Crippen MR) is 68.9 cm³/mol. The van der Waals surface area contributed by atoms with E-state index in [9.17, 15) is 4.79 Å². The first-order valence-electron chi connectivity index (χ1n) is 5.75. The summed E-state index contributed by atoms with van der Waals surface area (Å²) in [5, 5.41) is 0. The molecule has 0 atom stereocenters. The molecule has 4 nitrogen and oxygen atoms in total. The van der Waals surface area contributed by atoms with Crippen LogP contribution in [0.3, 0.4) is 0 Å². The number of benzene rings is 1. The van der Waals surface area contributed by atoms with Crippen molar-refractivity contribution in [3.8, 4) is 11.5 Å². The molecule has 0 radical (unpaired) electrons. The SMILES string of the molecule is CCC(=CCOc1cccc(OC)c1)C(=O)OC. The molecule has 0 aliphatic rings. The Labute approximate surface area is 107 Å². The molecule has 0 heterocycles. The summed E-state index contributed by atoms with van der Waals surface area (Å²) in [6.45, 7) is 2.22. The van der Waals surface area contributed by atoms with E-state index in [4.69, 9.17) is 9.47 Å². The summed E-state index contributed by atoms with van der Waals surface area (Å²) in [4.78, 5) is 11.3. The monoisotopic (exact) mass is 250 g/mol. The van der Waals surface area contributed by atoms with Gasteiger partial charge in [-0.1, -0.05) is 13.0 Å². The van der Waals surface area contributed by atoms with Crippen LogP contribution in [0.4, 0.5) is 0 Å². The molecule has 1 aromatic rings. The van der Waals surface area contributed by atoms with Gasteiger partial charge in [0.1, 0.15) is 18.1 Å². The van der Waals surface area contributed by atoms with Gasteiger partial charge >= 0.3 is 5.97 Å². The molecular weight excluding hydrogens is 232 g/mol. The summed E-state index contributed by atoms with van der Waals surface area (Å²) >= 11 is 0. The molecule has 0 aromatic heterocycles. The standard InChI is InChI=1S/C14H18O4/c1-4-11(14(15)17-3)8-9-18-13-7-5-6-12(10-13)16-2/h5-8,10H,4,9H2,1-3H3. The maximum Gasteiger partial charge on any atom is 0.333 e. The number of rotatable bonds is 6. The highest BCUT2D eigenvalue weighted by Gasteiger charge is 2.06. The van der Waals surface area contributed by atoms with Crippen molar-refractivity contribution in [1.82, 2.24) is 0 Å². The second-order valence-electron chi connectivity index (χ2n) is 3.56. The summed E-state index contributed by atoms with van der Waals surface area (Å²) in [6.07, 6.45) is 2.35. The number of carbonyl (C=O) groups is 1. The van der Waals surface area contributed by atoms with E-state index >= 15 is 0 Å². The first kappa shape index (κ1) is 14.1. The highest BCUT2D eigenvalue weighted by atomic mass is 16.5. The van der Waals surface area contributed by atoms with Crippen LogP contribution in [0.25, 0.3) is 0 Å². The molecule has 0 aliphatic carbocycles. The molecule has 0 aliphatic heterocycles. The van der Waals surface area contributed by atoms with E-state index < -0.39 is 0 Å². The second kappa shape index (κ2) is 7.37. The van der Waals surface area contributed by atoms with Gasteiger partial charge in [0.05, 0.1) is 14.2 Å². The zero-order chi connectivity index (χ0) is 13.4. The van der Waals surface area contributed by atoms with E-state index in [0.29, 0.717) is 24.4 Å². The van der Waals surface area contributed by atoms with Gasteiger partial charge in [0.25, 0.3) is 0 Å². The summed E-state index contributed by atoms with van der Waals surface area (Å²) in [5.41, 5.74) is 0.611. The van der Waals surface area contributed by atoms with Crippen LogP contribution in [-0.4, -0.2) is 26.8 Å². The molecule has 1 aromatic carbocycles. The minimum Gasteiger partial charge on any atom is -0.497 e. The van der Waals surface area contributed by atoms with Gasteiger partial charge in [0.15, 0.2) is 0 Å². The summed E-state index contributed by atoms with van der Waals surface area (Å²) in [7, 11) is 2.97. The quantitative estimate of drug-likeness (QED) is 0.575. The highest BCUT2D eigenvalue weighted by molar-refractivity contribution is 5.88. The Balaban J connectivity index is 2.58. The number of ether oxygens (including phenoxy) is 3. The minimum atomic E-state index is -0.313. The van der Waals surface area contributed by atoms with Crippen LogP contribution in [0.5, 0.6) is 11.5 Å². The average molecular weight is 250 g/mol. The van der Waals surface area contributed by atoms with Crippen LogP contribution in [0.1, 0.15) is 13.3 Å². The molecule has 0 fully saturated rings.